The molecule has 1 atom stereocenters. The van der Waals surface area contributed by atoms with Crippen molar-refractivity contribution in [2.45, 2.75) is 13.0 Å². The van der Waals surface area contributed by atoms with Crippen molar-refractivity contribution >= 4 is 62.1 Å². The highest BCUT2D eigenvalue weighted by Crippen LogP contribution is 2.38. The highest BCUT2D eigenvalue weighted by atomic mass is 79.9. The van der Waals surface area contributed by atoms with Crippen LogP contribution in [-0.4, -0.2) is 6.54 Å². The van der Waals surface area contributed by atoms with Crippen molar-refractivity contribution in [3.05, 3.63) is 53.6 Å². The number of halogens is 4. The van der Waals surface area contributed by atoms with Crippen molar-refractivity contribution in [1.29, 1.82) is 0 Å². The Balaban J connectivity index is 2.44. The average Bonchev–Trinajstić information content (AvgIpc) is 2.65. The van der Waals surface area contributed by atoms with Crippen LogP contribution in [0.4, 0.5) is 0 Å². The van der Waals surface area contributed by atoms with E-state index in [1.54, 1.807) is 6.07 Å². The molecule has 102 valence electrons. The normalized spacial score (nSPS) is 12.7. The quantitative estimate of drug-likeness (QED) is 0.648. The number of rotatable bonds is 4. The Kier molecular flexibility index (Phi) is 5.58. The minimum absolute atomic E-state index is 0.0370. The summed E-state index contributed by atoms with van der Waals surface area (Å²) in [4.78, 5) is 1.12. The van der Waals surface area contributed by atoms with Crippen LogP contribution in [0.5, 0.6) is 0 Å². The Hall–Kier alpha value is 0.230. The van der Waals surface area contributed by atoms with E-state index in [1.807, 2.05) is 18.2 Å². The molecular formula is C13H11BrCl3NS. The van der Waals surface area contributed by atoms with Gasteiger partial charge in [-0.1, -0.05) is 41.7 Å². The lowest BCUT2D eigenvalue weighted by Gasteiger charge is -2.17. The van der Waals surface area contributed by atoms with Crippen molar-refractivity contribution in [2.75, 3.05) is 6.54 Å². The second-order valence-electron chi connectivity index (χ2n) is 3.96. The molecule has 1 heterocycles. The lowest BCUT2D eigenvalue weighted by Crippen LogP contribution is -2.21. The molecule has 0 aliphatic carbocycles. The van der Waals surface area contributed by atoms with E-state index in [0.29, 0.717) is 10.0 Å². The SMILES string of the molecule is CCNC(c1cc(Cl)cc(Cl)c1)c1cc(Br)c(Cl)s1. The Bertz CT molecular complexity index is 546. The molecule has 0 spiro atoms. The summed E-state index contributed by atoms with van der Waals surface area (Å²) in [5, 5.41) is 4.69. The number of hydrogen-bond acceptors (Lipinski definition) is 2. The lowest BCUT2D eigenvalue weighted by atomic mass is 10.1. The van der Waals surface area contributed by atoms with Gasteiger partial charge in [0, 0.05) is 19.4 Å². The van der Waals surface area contributed by atoms with Crippen LogP contribution in [0.1, 0.15) is 23.4 Å². The van der Waals surface area contributed by atoms with Crippen LogP contribution >= 0.6 is 62.1 Å². The molecule has 0 aliphatic heterocycles. The Morgan fingerprint density at radius 3 is 2.26 bits per heavy atom. The van der Waals surface area contributed by atoms with Crippen molar-refractivity contribution in [2.24, 2.45) is 0 Å². The van der Waals surface area contributed by atoms with Crippen LogP contribution in [0.25, 0.3) is 0 Å². The molecule has 1 aromatic carbocycles. The maximum atomic E-state index is 6.12. The van der Waals surface area contributed by atoms with Gasteiger partial charge < -0.3 is 5.32 Å². The third kappa shape index (κ3) is 3.87. The average molecular weight is 400 g/mol. The number of hydrogen-bond donors (Lipinski definition) is 1. The van der Waals surface area contributed by atoms with Crippen LogP contribution in [0.2, 0.25) is 14.4 Å². The molecule has 0 aliphatic rings. The summed E-state index contributed by atoms with van der Waals surface area (Å²) >= 11 is 23.2. The van der Waals surface area contributed by atoms with Gasteiger partial charge in [0.1, 0.15) is 4.34 Å². The van der Waals surface area contributed by atoms with E-state index in [0.717, 1.165) is 25.8 Å². The molecule has 1 N–H and O–H groups in total. The lowest BCUT2D eigenvalue weighted by molar-refractivity contribution is 0.639. The van der Waals surface area contributed by atoms with Gasteiger partial charge in [0.25, 0.3) is 0 Å². The molecule has 0 radical (unpaired) electrons. The molecule has 1 aromatic heterocycles. The van der Waals surface area contributed by atoms with E-state index in [1.165, 1.54) is 11.3 Å². The first-order valence-corrected chi connectivity index (χ1v) is 8.39. The zero-order valence-corrected chi connectivity index (χ0v) is 14.7. The molecule has 2 rings (SSSR count). The Labute approximate surface area is 140 Å². The summed E-state index contributed by atoms with van der Waals surface area (Å²) in [7, 11) is 0. The van der Waals surface area contributed by atoms with Crippen molar-refractivity contribution in [3.8, 4) is 0 Å². The predicted octanol–water partition coefficient (Wildman–Crippen LogP) is 6.17. The molecule has 6 heteroatoms. The van der Waals surface area contributed by atoms with Gasteiger partial charge in [-0.25, -0.2) is 0 Å². The Morgan fingerprint density at radius 2 is 1.79 bits per heavy atom. The van der Waals surface area contributed by atoms with Gasteiger partial charge in [0.2, 0.25) is 0 Å². The predicted molar refractivity (Wildman–Crippen MR) is 89.0 cm³/mol. The van der Waals surface area contributed by atoms with Crippen molar-refractivity contribution in [3.63, 3.8) is 0 Å². The van der Waals surface area contributed by atoms with Gasteiger partial charge >= 0.3 is 0 Å². The summed E-state index contributed by atoms with van der Waals surface area (Å²) in [6.07, 6.45) is 0. The molecule has 0 fully saturated rings. The summed E-state index contributed by atoms with van der Waals surface area (Å²) in [5.74, 6) is 0. The second kappa shape index (κ2) is 6.79. The summed E-state index contributed by atoms with van der Waals surface area (Å²) in [6.45, 7) is 2.89. The molecule has 2 aromatic rings. The van der Waals surface area contributed by atoms with E-state index in [2.05, 4.69) is 28.2 Å². The van der Waals surface area contributed by atoms with E-state index < -0.39 is 0 Å². The second-order valence-corrected chi connectivity index (χ2v) is 7.38. The monoisotopic (exact) mass is 397 g/mol. The largest absolute Gasteiger partial charge is 0.306 e. The highest BCUT2D eigenvalue weighted by Gasteiger charge is 2.18. The van der Waals surface area contributed by atoms with Crippen LogP contribution in [0.15, 0.2) is 28.7 Å². The van der Waals surface area contributed by atoms with Crippen LogP contribution in [0.3, 0.4) is 0 Å². The third-order valence-corrected chi connectivity index (χ3v) is 5.55. The van der Waals surface area contributed by atoms with E-state index in [-0.39, 0.29) is 6.04 Å². The summed E-state index contributed by atoms with van der Waals surface area (Å²) < 4.78 is 1.65. The Morgan fingerprint density at radius 1 is 1.16 bits per heavy atom. The zero-order chi connectivity index (χ0) is 14.0. The maximum Gasteiger partial charge on any atom is 0.107 e. The fourth-order valence-corrected chi connectivity index (χ4v) is 4.22. The van der Waals surface area contributed by atoms with Gasteiger partial charge in [-0.2, -0.15) is 0 Å². The van der Waals surface area contributed by atoms with E-state index in [9.17, 15) is 0 Å². The minimum Gasteiger partial charge on any atom is -0.306 e. The third-order valence-electron chi connectivity index (χ3n) is 2.58. The smallest absolute Gasteiger partial charge is 0.107 e. The van der Waals surface area contributed by atoms with Crippen molar-refractivity contribution < 1.29 is 0 Å². The van der Waals surface area contributed by atoms with Crippen LogP contribution in [0, 0.1) is 0 Å². The van der Waals surface area contributed by atoms with E-state index >= 15 is 0 Å². The number of thiophene rings is 1. The van der Waals surface area contributed by atoms with Gasteiger partial charge in [-0.05, 0) is 52.3 Å². The van der Waals surface area contributed by atoms with Gasteiger partial charge in [0.05, 0.1) is 6.04 Å². The van der Waals surface area contributed by atoms with Crippen LogP contribution < -0.4 is 5.32 Å². The molecule has 1 nitrogen and oxygen atoms in total. The van der Waals surface area contributed by atoms with Gasteiger partial charge in [-0.3, -0.25) is 0 Å². The minimum atomic E-state index is 0.0370. The first kappa shape index (κ1) is 15.6. The fourth-order valence-electron chi connectivity index (χ4n) is 1.83. The standard InChI is InChI=1S/C13H11BrCl3NS/c1-2-18-12(11-6-10(14)13(17)19-11)7-3-8(15)5-9(16)4-7/h3-6,12,18H,2H2,1H3. The molecule has 0 amide bonds. The van der Waals surface area contributed by atoms with Gasteiger partial charge in [-0.15, -0.1) is 11.3 Å². The van der Waals surface area contributed by atoms with E-state index in [4.69, 9.17) is 34.8 Å². The van der Waals surface area contributed by atoms with Crippen molar-refractivity contribution in [1.82, 2.24) is 5.32 Å². The molecule has 0 saturated heterocycles. The first-order valence-electron chi connectivity index (χ1n) is 5.65. The van der Waals surface area contributed by atoms with Gasteiger partial charge in [0.15, 0.2) is 0 Å². The van der Waals surface area contributed by atoms with Crippen LogP contribution in [-0.2, 0) is 0 Å². The first-order chi connectivity index (χ1) is 9.01. The fraction of sp³-hybridized carbons (Fsp3) is 0.231. The zero-order valence-electron chi connectivity index (χ0n) is 10.0. The summed E-state index contributed by atoms with van der Waals surface area (Å²) in [5.41, 5.74) is 1.03. The molecule has 1 unspecified atom stereocenters. The number of benzene rings is 1. The highest BCUT2D eigenvalue weighted by molar-refractivity contribution is 9.10. The molecule has 0 bridgehead atoms. The molecule has 0 saturated carbocycles. The summed E-state index contributed by atoms with van der Waals surface area (Å²) in [6, 6.07) is 7.63. The number of nitrogens with one attached hydrogen (secondary N) is 1. The maximum absolute atomic E-state index is 6.12. The molecule has 19 heavy (non-hydrogen) atoms. The topological polar surface area (TPSA) is 12.0 Å². The molecular weight excluding hydrogens is 388 g/mol.